The van der Waals surface area contributed by atoms with E-state index in [1.807, 2.05) is 45.0 Å². The molecule has 1 N–H and O–H groups in total. The van der Waals surface area contributed by atoms with Crippen molar-refractivity contribution in [3.63, 3.8) is 0 Å². The lowest BCUT2D eigenvalue weighted by Gasteiger charge is -2.41. The van der Waals surface area contributed by atoms with Crippen LogP contribution in [0, 0.1) is 0 Å². The molecule has 2 fully saturated rings. The van der Waals surface area contributed by atoms with Crippen molar-refractivity contribution in [2.24, 2.45) is 0 Å². The van der Waals surface area contributed by atoms with Crippen LogP contribution in [0.5, 0.6) is 0 Å². The molecule has 0 saturated carbocycles. The molecule has 4 heterocycles. The van der Waals surface area contributed by atoms with E-state index in [0.29, 0.717) is 22.7 Å². The number of carbonyl (C=O) groups excluding carboxylic acids is 1. The van der Waals surface area contributed by atoms with Crippen LogP contribution in [0.25, 0.3) is 16.7 Å². The fourth-order valence-electron chi connectivity index (χ4n) is 4.60. The number of hydrogen-bond acceptors (Lipinski definition) is 5. The third-order valence-corrected chi connectivity index (χ3v) is 6.18. The van der Waals surface area contributed by atoms with Gasteiger partial charge in [-0.1, -0.05) is 23.7 Å². The number of likely N-dealkylation sites (tertiary alicyclic amines) is 1. The Labute approximate surface area is 190 Å². The second kappa shape index (κ2) is 7.64. The van der Waals surface area contributed by atoms with E-state index in [1.165, 1.54) is 6.33 Å². The van der Waals surface area contributed by atoms with Crippen LogP contribution >= 0.6 is 11.6 Å². The average molecular weight is 457 g/mol. The third-order valence-electron chi connectivity index (χ3n) is 5.91. The molecule has 0 spiro atoms. The molecule has 5 rings (SSSR count). The molecule has 9 heteroatoms. The molecule has 3 aromatic rings. The van der Waals surface area contributed by atoms with Gasteiger partial charge in [-0.15, -0.1) is 0 Å². The fourth-order valence-corrected chi connectivity index (χ4v) is 4.88. The van der Waals surface area contributed by atoms with Crippen molar-refractivity contribution in [3.05, 3.63) is 57.7 Å². The van der Waals surface area contributed by atoms with Gasteiger partial charge in [-0.3, -0.25) is 14.3 Å². The van der Waals surface area contributed by atoms with E-state index in [4.69, 9.17) is 21.1 Å². The van der Waals surface area contributed by atoms with Crippen LogP contribution in [0.3, 0.4) is 0 Å². The summed E-state index contributed by atoms with van der Waals surface area (Å²) in [4.78, 5) is 33.7. The van der Waals surface area contributed by atoms with Crippen LogP contribution in [0.2, 0.25) is 5.15 Å². The Kier molecular flexibility index (Phi) is 5.02. The minimum absolute atomic E-state index is 0.0530. The summed E-state index contributed by atoms with van der Waals surface area (Å²) in [5.74, 6) is 0. The summed E-state index contributed by atoms with van der Waals surface area (Å²) >= 11 is 6.42. The van der Waals surface area contributed by atoms with E-state index in [9.17, 15) is 9.59 Å². The molecule has 0 aliphatic carbocycles. The predicted molar refractivity (Wildman–Crippen MR) is 120 cm³/mol. The monoisotopic (exact) mass is 456 g/mol. The standard InChI is InChI=1S/C23H25ClN4O4/c1-23(2,3)32-22(30)27-11-15-8-9-17(31-15)19(27)13-4-6-14(7-5-13)28-18(24)10-16-20(28)25-12-26-21(16)29/h4-7,10,12,15,17,19H,8-9,11H2,1-3H3,(H,25,26,29)/t15-,17+,19-/m0/s1. The van der Waals surface area contributed by atoms with Gasteiger partial charge in [0.1, 0.15) is 10.8 Å². The van der Waals surface area contributed by atoms with Gasteiger partial charge in [0.2, 0.25) is 0 Å². The Morgan fingerprint density at radius 2 is 2.00 bits per heavy atom. The van der Waals surface area contributed by atoms with Crippen molar-refractivity contribution >= 4 is 28.7 Å². The largest absolute Gasteiger partial charge is 0.444 e. The number of amides is 1. The van der Waals surface area contributed by atoms with Crippen LogP contribution in [0.15, 0.2) is 41.5 Å². The van der Waals surface area contributed by atoms with Gasteiger partial charge in [-0.25, -0.2) is 9.78 Å². The highest BCUT2D eigenvalue weighted by Crippen LogP contribution is 2.41. The molecular formula is C23H25ClN4O4. The van der Waals surface area contributed by atoms with Crippen molar-refractivity contribution in [3.8, 4) is 5.69 Å². The SMILES string of the molecule is CC(C)(C)OC(=O)N1C[C@@H]2CC[C@@H](O2)[C@@H]1c1ccc(-n2c(Cl)cc3c(=O)[nH]cnc32)cc1. The van der Waals surface area contributed by atoms with Crippen LogP contribution in [0.1, 0.15) is 45.2 Å². The van der Waals surface area contributed by atoms with E-state index in [-0.39, 0.29) is 29.9 Å². The van der Waals surface area contributed by atoms with Crippen molar-refractivity contribution in [2.45, 2.75) is 57.5 Å². The van der Waals surface area contributed by atoms with Crippen LogP contribution < -0.4 is 5.56 Å². The molecule has 2 aliphatic heterocycles. The van der Waals surface area contributed by atoms with Crippen LogP contribution in [-0.2, 0) is 9.47 Å². The quantitative estimate of drug-likeness (QED) is 0.624. The lowest BCUT2D eigenvalue weighted by atomic mass is 9.98. The zero-order valence-electron chi connectivity index (χ0n) is 18.2. The van der Waals surface area contributed by atoms with Gasteiger partial charge in [0.15, 0.2) is 5.65 Å². The zero-order chi connectivity index (χ0) is 22.6. The maximum Gasteiger partial charge on any atom is 0.410 e. The van der Waals surface area contributed by atoms with Crippen LogP contribution in [0.4, 0.5) is 4.79 Å². The van der Waals surface area contributed by atoms with E-state index >= 15 is 0 Å². The summed E-state index contributed by atoms with van der Waals surface area (Å²) in [6.45, 7) is 6.12. The molecule has 1 amide bonds. The first-order valence-corrected chi connectivity index (χ1v) is 11.1. The van der Waals surface area contributed by atoms with Gasteiger partial charge in [0.25, 0.3) is 5.56 Å². The average Bonchev–Trinajstić information content (AvgIpc) is 3.27. The Bertz CT molecular complexity index is 1230. The minimum atomic E-state index is -0.570. The second-order valence-corrected chi connectivity index (χ2v) is 9.70. The predicted octanol–water partition coefficient (Wildman–Crippen LogP) is 4.21. The molecule has 2 aliphatic rings. The van der Waals surface area contributed by atoms with Gasteiger partial charge in [-0.2, -0.15) is 0 Å². The number of H-pyrrole nitrogens is 1. The number of aromatic amines is 1. The van der Waals surface area contributed by atoms with E-state index in [1.54, 1.807) is 15.5 Å². The van der Waals surface area contributed by atoms with Gasteiger partial charge in [0, 0.05) is 5.69 Å². The highest BCUT2D eigenvalue weighted by Gasteiger charge is 2.45. The number of nitrogens with one attached hydrogen (secondary N) is 1. The number of benzene rings is 1. The summed E-state index contributed by atoms with van der Waals surface area (Å²) in [5, 5.41) is 0.822. The number of rotatable bonds is 2. The number of halogens is 1. The fraction of sp³-hybridized carbons (Fsp3) is 0.435. The summed E-state index contributed by atoms with van der Waals surface area (Å²) in [6, 6.07) is 9.14. The third kappa shape index (κ3) is 3.67. The van der Waals surface area contributed by atoms with Crippen molar-refractivity contribution in [2.75, 3.05) is 6.54 Å². The van der Waals surface area contributed by atoms with E-state index in [2.05, 4.69) is 9.97 Å². The summed E-state index contributed by atoms with van der Waals surface area (Å²) in [7, 11) is 0. The van der Waals surface area contributed by atoms with Crippen molar-refractivity contribution in [1.29, 1.82) is 0 Å². The second-order valence-electron chi connectivity index (χ2n) is 9.31. The highest BCUT2D eigenvalue weighted by atomic mass is 35.5. The van der Waals surface area contributed by atoms with E-state index in [0.717, 1.165) is 24.1 Å². The van der Waals surface area contributed by atoms with Gasteiger partial charge in [0.05, 0.1) is 36.5 Å². The molecule has 168 valence electrons. The number of carbonyl (C=O) groups is 1. The first-order chi connectivity index (χ1) is 15.2. The molecule has 0 radical (unpaired) electrons. The Balaban J connectivity index is 1.50. The first-order valence-electron chi connectivity index (χ1n) is 10.7. The molecule has 2 saturated heterocycles. The first kappa shape index (κ1) is 21.0. The van der Waals surface area contributed by atoms with Crippen LogP contribution in [-0.4, -0.2) is 49.9 Å². The lowest BCUT2D eigenvalue weighted by Crippen LogP contribution is -2.49. The Morgan fingerprint density at radius 3 is 2.72 bits per heavy atom. The summed E-state index contributed by atoms with van der Waals surface area (Å²) < 4.78 is 13.6. The number of fused-ring (bicyclic) bond motifs is 3. The maximum atomic E-state index is 13.0. The molecule has 3 atom stereocenters. The molecule has 2 aromatic heterocycles. The lowest BCUT2D eigenvalue weighted by molar-refractivity contribution is -0.0823. The molecule has 0 unspecified atom stereocenters. The number of nitrogens with zero attached hydrogens (tertiary/aromatic N) is 3. The van der Waals surface area contributed by atoms with E-state index < -0.39 is 5.60 Å². The Morgan fingerprint density at radius 1 is 1.25 bits per heavy atom. The molecule has 32 heavy (non-hydrogen) atoms. The molecule has 8 nitrogen and oxygen atoms in total. The van der Waals surface area contributed by atoms with Gasteiger partial charge >= 0.3 is 6.09 Å². The van der Waals surface area contributed by atoms with Crippen molar-refractivity contribution in [1.82, 2.24) is 19.4 Å². The zero-order valence-corrected chi connectivity index (χ0v) is 18.9. The number of morpholine rings is 1. The molecule has 1 aromatic carbocycles. The smallest absolute Gasteiger partial charge is 0.410 e. The number of hydrogen-bond donors (Lipinski definition) is 1. The topological polar surface area (TPSA) is 89.5 Å². The number of ether oxygens (including phenoxy) is 2. The van der Waals surface area contributed by atoms with Gasteiger partial charge in [-0.05, 0) is 57.4 Å². The molecule has 2 bridgehead atoms. The molecular weight excluding hydrogens is 432 g/mol. The maximum absolute atomic E-state index is 13.0. The summed E-state index contributed by atoms with van der Waals surface area (Å²) in [5.41, 5.74) is 1.41. The minimum Gasteiger partial charge on any atom is -0.444 e. The normalized spacial score (nSPS) is 23.0. The van der Waals surface area contributed by atoms with Crippen molar-refractivity contribution < 1.29 is 14.3 Å². The number of aromatic nitrogens is 3. The summed E-state index contributed by atoms with van der Waals surface area (Å²) in [6.07, 6.45) is 2.86. The highest BCUT2D eigenvalue weighted by molar-refractivity contribution is 6.31. The Hall–Kier alpha value is -2.84. The van der Waals surface area contributed by atoms with Gasteiger partial charge < -0.3 is 14.5 Å².